The van der Waals surface area contributed by atoms with Crippen LogP contribution in [0, 0.1) is 0 Å². The topological polar surface area (TPSA) is 119 Å². The van der Waals surface area contributed by atoms with Gasteiger partial charge in [-0.2, -0.15) is 4.98 Å². The number of nitrogen functional groups attached to an aromatic ring is 1. The van der Waals surface area contributed by atoms with Gasteiger partial charge in [0.2, 0.25) is 5.95 Å². The molecule has 0 aliphatic carbocycles. The summed E-state index contributed by atoms with van der Waals surface area (Å²) < 4.78 is 40.4. The first-order chi connectivity index (χ1) is 14.8. The zero-order valence-corrected chi connectivity index (χ0v) is 16.6. The summed E-state index contributed by atoms with van der Waals surface area (Å²) in [4.78, 5) is 32.8. The fourth-order valence-electron chi connectivity index (χ4n) is 2.97. The molecule has 4 rings (SSSR count). The number of thiazole rings is 1. The predicted octanol–water partition coefficient (Wildman–Crippen LogP) is 2.85. The highest BCUT2D eigenvalue weighted by molar-refractivity contribution is 7.16. The van der Waals surface area contributed by atoms with Crippen LogP contribution < -0.4 is 20.7 Å². The number of aromatic nitrogens is 3. The second-order valence-electron chi connectivity index (χ2n) is 6.40. The lowest BCUT2D eigenvalue weighted by Gasteiger charge is -2.33. The molecule has 0 radical (unpaired) electrons. The number of alkyl halides is 3. The molecule has 3 aromatic rings. The number of amides is 1. The Morgan fingerprint density at radius 3 is 2.52 bits per heavy atom. The van der Waals surface area contributed by atoms with Crippen LogP contribution in [0.15, 0.2) is 29.8 Å². The number of carbonyl (C=O) groups excluding carboxylic acids is 1. The van der Waals surface area contributed by atoms with Crippen LogP contribution in [-0.2, 0) is 4.84 Å². The van der Waals surface area contributed by atoms with Crippen LogP contribution in [-0.4, -0.2) is 58.6 Å². The number of anilines is 3. The van der Waals surface area contributed by atoms with Crippen LogP contribution in [0.1, 0.15) is 0 Å². The van der Waals surface area contributed by atoms with E-state index in [1.54, 1.807) is 5.51 Å². The molecule has 2 aromatic heterocycles. The molecule has 1 aromatic carbocycles. The van der Waals surface area contributed by atoms with Crippen LogP contribution in [0.2, 0.25) is 0 Å². The van der Waals surface area contributed by atoms with Crippen molar-refractivity contribution in [1.82, 2.24) is 20.0 Å². The Kier molecular flexibility index (Phi) is 5.65. The lowest BCUT2D eigenvalue weighted by molar-refractivity contribution is -0.274. The number of hydrogen-bond acceptors (Lipinski definition) is 10. The van der Waals surface area contributed by atoms with Crippen molar-refractivity contribution >= 4 is 45.2 Å². The maximum absolute atomic E-state index is 12.2. The molecule has 1 amide bonds. The molecule has 3 heterocycles. The third kappa shape index (κ3) is 5.21. The van der Waals surface area contributed by atoms with Crippen molar-refractivity contribution in [3.8, 4) is 5.75 Å². The van der Waals surface area contributed by atoms with Crippen molar-refractivity contribution in [2.45, 2.75) is 6.36 Å². The summed E-state index contributed by atoms with van der Waals surface area (Å²) in [5.74, 6) is 0.410. The SMILES string of the molecule is Nc1nc(N2CCN(OC(=O)Nc3ccc(OC(F)(F)F)cc3)CC2)c2ncsc2n1. The summed E-state index contributed by atoms with van der Waals surface area (Å²) in [5.41, 5.74) is 8.38. The number of rotatable bonds is 4. The van der Waals surface area contributed by atoms with E-state index in [2.05, 4.69) is 25.0 Å². The van der Waals surface area contributed by atoms with Gasteiger partial charge < -0.3 is 20.2 Å². The van der Waals surface area contributed by atoms with Crippen molar-refractivity contribution in [3.05, 3.63) is 29.8 Å². The van der Waals surface area contributed by atoms with Crippen LogP contribution in [0.25, 0.3) is 10.3 Å². The summed E-state index contributed by atoms with van der Waals surface area (Å²) in [5, 5.41) is 3.93. The van der Waals surface area contributed by atoms with E-state index >= 15 is 0 Å². The normalized spacial score (nSPS) is 15.1. The minimum atomic E-state index is -4.78. The van der Waals surface area contributed by atoms with Gasteiger partial charge in [0.25, 0.3) is 0 Å². The van der Waals surface area contributed by atoms with E-state index in [1.165, 1.54) is 28.5 Å². The number of nitrogens with zero attached hydrogens (tertiary/aromatic N) is 5. The average Bonchev–Trinajstić information content (AvgIpc) is 3.17. The molecule has 1 saturated heterocycles. The van der Waals surface area contributed by atoms with Crippen molar-refractivity contribution < 1.29 is 27.5 Å². The number of hydroxylamine groups is 2. The monoisotopic (exact) mass is 455 g/mol. The average molecular weight is 455 g/mol. The van der Waals surface area contributed by atoms with Gasteiger partial charge in [-0.25, -0.2) is 14.8 Å². The molecule has 1 aliphatic heterocycles. The van der Waals surface area contributed by atoms with Gasteiger partial charge in [0.05, 0.1) is 18.6 Å². The Labute approximate surface area is 177 Å². The number of halogens is 3. The molecule has 14 heteroatoms. The van der Waals surface area contributed by atoms with E-state index < -0.39 is 12.5 Å². The van der Waals surface area contributed by atoms with Crippen molar-refractivity contribution in [2.75, 3.05) is 42.1 Å². The Morgan fingerprint density at radius 1 is 1.13 bits per heavy atom. The molecule has 1 fully saturated rings. The highest BCUT2D eigenvalue weighted by Gasteiger charge is 2.31. The Morgan fingerprint density at radius 2 is 1.84 bits per heavy atom. The molecule has 10 nitrogen and oxygen atoms in total. The Balaban J connectivity index is 1.29. The van der Waals surface area contributed by atoms with Gasteiger partial charge in [0, 0.05) is 18.8 Å². The minimum Gasteiger partial charge on any atom is -0.406 e. The molecule has 0 saturated carbocycles. The highest BCUT2D eigenvalue weighted by atomic mass is 32.1. The smallest absolute Gasteiger partial charge is 0.406 e. The zero-order valence-electron chi connectivity index (χ0n) is 15.8. The number of benzene rings is 1. The van der Waals surface area contributed by atoms with E-state index in [0.717, 1.165) is 12.1 Å². The number of piperazine rings is 1. The number of hydrogen-bond donors (Lipinski definition) is 2. The molecule has 31 heavy (non-hydrogen) atoms. The van der Waals surface area contributed by atoms with Crippen LogP contribution in [0.5, 0.6) is 5.75 Å². The maximum Gasteiger partial charge on any atom is 0.573 e. The van der Waals surface area contributed by atoms with Gasteiger partial charge in [-0.05, 0) is 24.3 Å². The number of ether oxygens (including phenoxy) is 1. The molecular weight excluding hydrogens is 439 g/mol. The molecule has 1 aliphatic rings. The molecule has 0 spiro atoms. The first-order valence-electron chi connectivity index (χ1n) is 8.98. The van der Waals surface area contributed by atoms with Crippen molar-refractivity contribution in [1.29, 1.82) is 0 Å². The molecule has 164 valence electrons. The van der Waals surface area contributed by atoms with Crippen LogP contribution in [0.4, 0.5) is 35.4 Å². The van der Waals surface area contributed by atoms with Crippen LogP contribution in [0.3, 0.4) is 0 Å². The van der Waals surface area contributed by atoms with Gasteiger partial charge in [-0.1, -0.05) is 0 Å². The second kappa shape index (κ2) is 8.39. The third-order valence-electron chi connectivity index (χ3n) is 4.28. The number of nitrogens with one attached hydrogen (secondary N) is 1. The number of fused-ring (bicyclic) bond motifs is 1. The predicted molar refractivity (Wildman–Crippen MR) is 107 cm³/mol. The lowest BCUT2D eigenvalue weighted by atomic mass is 10.3. The Bertz CT molecular complexity index is 1070. The van der Waals surface area contributed by atoms with E-state index in [9.17, 15) is 18.0 Å². The molecule has 0 atom stereocenters. The molecule has 0 bridgehead atoms. The van der Waals surface area contributed by atoms with Crippen molar-refractivity contribution in [3.63, 3.8) is 0 Å². The highest BCUT2D eigenvalue weighted by Crippen LogP contribution is 2.27. The van der Waals surface area contributed by atoms with E-state index in [4.69, 9.17) is 10.6 Å². The molecule has 3 N–H and O–H groups in total. The van der Waals surface area contributed by atoms with Crippen LogP contribution >= 0.6 is 11.3 Å². The maximum atomic E-state index is 12.2. The van der Waals surface area contributed by atoms with Gasteiger partial charge in [-0.3, -0.25) is 5.32 Å². The molecule has 0 unspecified atom stereocenters. The minimum absolute atomic E-state index is 0.163. The second-order valence-corrected chi connectivity index (χ2v) is 7.24. The number of carbonyl (C=O) groups is 1. The largest absolute Gasteiger partial charge is 0.573 e. The lowest BCUT2D eigenvalue weighted by Crippen LogP contribution is -2.47. The summed E-state index contributed by atoms with van der Waals surface area (Å²) in [6.07, 6.45) is -5.54. The number of nitrogens with two attached hydrogens (primary N) is 1. The fourth-order valence-corrected chi connectivity index (χ4v) is 3.63. The molecular formula is C17H16F3N7O3S. The fraction of sp³-hybridized carbons (Fsp3) is 0.294. The van der Waals surface area contributed by atoms with Gasteiger partial charge >= 0.3 is 12.5 Å². The third-order valence-corrected chi connectivity index (χ3v) is 5.00. The van der Waals surface area contributed by atoms with E-state index in [-0.39, 0.29) is 17.4 Å². The van der Waals surface area contributed by atoms with Gasteiger partial charge in [0.1, 0.15) is 11.3 Å². The summed E-state index contributed by atoms with van der Waals surface area (Å²) in [6, 6.07) is 4.74. The van der Waals surface area contributed by atoms with Crippen molar-refractivity contribution in [2.24, 2.45) is 0 Å². The van der Waals surface area contributed by atoms with Gasteiger partial charge in [-0.15, -0.1) is 29.6 Å². The first-order valence-corrected chi connectivity index (χ1v) is 9.86. The quantitative estimate of drug-likeness (QED) is 0.612. The summed E-state index contributed by atoms with van der Waals surface area (Å²) in [7, 11) is 0. The Hall–Kier alpha value is -3.39. The standard InChI is InChI=1S/C17H16F3N7O3S/c18-17(19,20)29-11-3-1-10(2-4-11)23-16(28)30-27-7-5-26(6-8-27)13-12-14(31-9-22-12)25-15(21)24-13/h1-4,9H,5-8H2,(H,23,28)(H2,21,24,25). The van der Waals surface area contributed by atoms with Gasteiger partial charge in [0.15, 0.2) is 10.6 Å². The van der Waals surface area contributed by atoms with E-state index in [1.807, 2.05) is 4.90 Å². The summed E-state index contributed by atoms with van der Waals surface area (Å²) in [6.45, 7) is 1.84. The zero-order chi connectivity index (χ0) is 22.0. The first kappa shape index (κ1) is 20.9. The summed E-state index contributed by atoms with van der Waals surface area (Å²) >= 11 is 1.37. The van der Waals surface area contributed by atoms with E-state index in [0.29, 0.717) is 42.3 Å².